The summed E-state index contributed by atoms with van der Waals surface area (Å²) in [4.78, 5) is 22.1. The van der Waals surface area contributed by atoms with Crippen LogP contribution in [0.1, 0.15) is 23.6 Å². The molecule has 1 heterocycles. The van der Waals surface area contributed by atoms with Gasteiger partial charge >= 0.3 is 5.97 Å². The van der Waals surface area contributed by atoms with Crippen LogP contribution in [0.3, 0.4) is 0 Å². The number of amides is 1. The summed E-state index contributed by atoms with van der Waals surface area (Å²) in [7, 11) is 0. The van der Waals surface area contributed by atoms with Crippen LogP contribution in [-0.4, -0.2) is 17.0 Å². The molecule has 0 saturated heterocycles. The van der Waals surface area contributed by atoms with Gasteiger partial charge in [0.2, 0.25) is 5.91 Å². The van der Waals surface area contributed by atoms with Crippen LogP contribution in [0.5, 0.6) is 0 Å². The summed E-state index contributed by atoms with van der Waals surface area (Å²) in [5.74, 6) is -1.07. The van der Waals surface area contributed by atoms with Crippen LogP contribution < -0.4 is 11.1 Å². The van der Waals surface area contributed by atoms with Crippen molar-refractivity contribution in [2.45, 2.75) is 18.9 Å². The third-order valence-corrected chi connectivity index (χ3v) is 3.76. The first-order chi connectivity index (χ1) is 8.56. The van der Waals surface area contributed by atoms with Gasteiger partial charge in [0.1, 0.15) is 0 Å². The maximum atomic E-state index is 11.2. The summed E-state index contributed by atoms with van der Waals surface area (Å²) in [6.45, 7) is 0. The lowest BCUT2D eigenvalue weighted by Crippen LogP contribution is -2.15. The second-order valence-corrected chi connectivity index (χ2v) is 5.01. The van der Waals surface area contributed by atoms with E-state index in [0.29, 0.717) is 12.8 Å². The fourth-order valence-electron chi connectivity index (χ4n) is 2.60. The lowest BCUT2D eigenvalue weighted by Gasteiger charge is -2.12. The molecule has 18 heavy (non-hydrogen) atoms. The first-order valence-electron chi connectivity index (χ1n) is 5.97. The minimum Gasteiger partial charge on any atom is -0.481 e. The van der Waals surface area contributed by atoms with Crippen molar-refractivity contribution >= 4 is 17.6 Å². The number of benzene rings is 1. The SMILES string of the molecule is NC(c1ccc2c(c1)CC(=O)N2)C1CC1C(=O)O. The van der Waals surface area contributed by atoms with Gasteiger partial charge in [-0.3, -0.25) is 9.59 Å². The molecule has 0 spiro atoms. The highest BCUT2D eigenvalue weighted by molar-refractivity contribution is 5.99. The summed E-state index contributed by atoms with van der Waals surface area (Å²) in [5.41, 5.74) is 8.78. The summed E-state index contributed by atoms with van der Waals surface area (Å²) in [6.07, 6.45) is 1.02. The molecule has 3 rings (SSSR count). The predicted molar refractivity (Wildman–Crippen MR) is 64.9 cm³/mol. The van der Waals surface area contributed by atoms with Crippen LogP contribution in [0.15, 0.2) is 18.2 Å². The van der Waals surface area contributed by atoms with Gasteiger partial charge in [0.25, 0.3) is 0 Å². The first-order valence-corrected chi connectivity index (χ1v) is 5.97. The zero-order chi connectivity index (χ0) is 12.9. The summed E-state index contributed by atoms with van der Waals surface area (Å²) in [5, 5.41) is 11.7. The number of hydrogen-bond acceptors (Lipinski definition) is 3. The van der Waals surface area contributed by atoms with E-state index in [1.807, 2.05) is 18.2 Å². The van der Waals surface area contributed by atoms with Gasteiger partial charge in [0.05, 0.1) is 12.3 Å². The molecule has 5 heteroatoms. The molecule has 1 aliphatic heterocycles. The highest BCUT2D eigenvalue weighted by Gasteiger charge is 2.47. The van der Waals surface area contributed by atoms with Gasteiger partial charge < -0.3 is 16.2 Å². The van der Waals surface area contributed by atoms with E-state index in [0.717, 1.165) is 16.8 Å². The molecule has 5 nitrogen and oxygen atoms in total. The Bertz CT molecular complexity index is 541. The molecule has 0 bridgehead atoms. The number of fused-ring (bicyclic) bond motifs is 1. The Morgan fingerprint density at radius 3 is 2.94 bits per heavy atom. The predicted octanol–water partition coefficient (Wildman–Crippen LogP) is 0.902. The van der Waals surface area contributed by atoms with Crippen molar-refractivity contribution in [1.29, 1.82) is 0 Å². The van der Waals surface area contributed by atoms with E-state index in [-0.39, 0.29) is 23.8 Å². The van der Waals surface area contributed by atoms with Crippen molar-refractivity contribution in [3.05, 3.63) is 29.3 Å². The average molecular weight is 246 g/mol. The minimum atomic E-state index is -0.770. The van der Waals surface area contributed by atoms with Gasteiger partial charge in [0, 0.05) is 11.7 Å². The van der Waals surface area contributed by atoms with Gasteiger partial charge in [-0.05, 0) is 29.5 Å². The van der Waals surface area contributed by atoms with Gasteiger partial charge in [-0.1, -0.05) is 12.1 Å². The van der Waals surface area contributed by atoms with E-state index in [2.05, 4.69) is 5.32 Å². The lowest BCUT2D eigenvalue weighted by molar-refractivity contribution is -0.138. The summed E-state index contributed by atoms with van der Waals surface area (Å²) in [6, 6.07) is 5.36. The highest BCUT2D eigenvalue weighted by atomic mass is 16.4. The number of aliphatic carboxylic acids is 1. The zero-order valence-corrected chi connectivity index (χ0v) is 9.72. The Balaban J connectivity index is 1.80. The van der Waals surface area contributed by atoms with Crippen LogP contribution in [0.4, 0.5) is 5.69 Å². The van der Waals surface area contributed by atoms with E-state index in [4.69, 9.17) is 10.8 Å². The number of carbonyl (C=O) groups is 2. The van der Waals surface area contributed by atoms with Crippen LogP contribution in [0.2, 0.25) is 0 Å². The molecule has 1 aliphatic carbocycles. The molecular weight excluding hydrogens is 232 g/mol. The lowest BCUT2D eigenvalue weighted by atomic mass is 9.99. The quantitative estimate of drug-likeness (QED) is 0.738. The Morgan fingerprint density at radius 1 is 1.50 bits per heavy atom. The number of hydrogen-bond donors (Lipinski definition) is 3. The molecule has 1 saturated carbocycles. The Kier molecular flexibility index (Phi) is 2.38. The van der Waals surface area contributed by atoms with E-state index in [1.165, 1.54) is 0 Å². The normalized spacial score (nSPS) is 26.4. The molecule has 0 aromatic heterocycles. The summed E-state index contributed by atoms with van der Waals surface area (Å²) < 4.78 is 0. The van der Waals surface area contributed by atoms with E-state index in [9.17, 15) is 9.59 Å². The Labute approximate surface area is 104 Å². The molecule has 94 valence electrons. The van der Waals surface area contributed by atoms with Crippen molar-refractivity contribution in [1.82, 2.24) is 0 Å². The number of carbonyl (C=O) groups excluding carboxylic acids is 1. The molecule has 1 amide bonds. The number of carboxylic acids is 1. The standard InChI is InChI=1S/C13H14N2O3/c14-12(8-5-9(8)13(17)18)6-1-2-10-7(3-6)4-11(16)15-10/h1-3,8-9,12H,4-5,14H2,(H,15,16)(H,17,18). The van der Waals surface area contributed by atoms with Crippen molar-refractivity contribution in [3.63, 3.8) is 0 Å². The molecule has 0 radical (unpaired) electrons. The Morgan fingerprint density at radius 2 is 2.28 bits per heavy atom. The van der Waals surface area contributed by atoms with Crippen molar-refractivity contribution in [2.75, 3.05) is 5.32 Å². The molecule has 1 aromatic carbocycles. The third kappa shape index (κ3) is 1.76. The fourth-order valence-corrected chi connectivity index (χ4v) is 2.60. The molecule has 1 fully saturated rings. The maximum Gasteiger partial charge on any atom is 0.306 e. The number of nitrogens with two attached hydrogens (primary N) is 1. The number of rotatable bonds is 3. The number of carboxylic acid groups (broad SMARTS) is 1. The van der Waals surface area contributed by atoms with E-state index >= 15 is 0 Å². The maximum absolute atomic E-state index is 11.2. The van der Waals surface area contributed by atoms with E-state index < -0.39 is 5.97 Å². The Hall–Kier alpha value is -1.88. The summed E-state index contributed by atoms with van der Waals surface area (Å²) >= 11 is 0. The minimum absolute atomic E-state index is 0.00874. The molecule has 2 aliphatic rings. The van der Waals surface area contributed by atoms with Crippen LogP contribution in [0.25, 0.3) is 0 Å². The molecule has 1 aromatic rings. The van der Waals surface area contributed by atoms with E-state index in [1.54, 1.807) is 0 Å². The fraction of sp³-hybridized carbons (Fsp3) is 0.385. The van der Waals surface area contributed by atoms with Gasteiger partial charge in [-0.2, -0.15) is 0 Å². The highest BCUT2D eigenvalue weighted by Crippen LogP contribution is 2.46. The second-order valence-electron chi connectivity index (χ2n) is 5.01. The smallest absolute Gasteiger partial charge is 0.306 e. The monoisotopic (exact) mass is 246 g/mol. The van der Waals surface area contributed by atoms with Crippen LogP contribution in [0, 0.1) is 11.8 Å². The molecule has 3 atom stereocenters. The van der Waals surface area contributed by atoms with Crippen molar-refractivity contribution < 1.29 is 14.7 Å². The molecular formula is C13H14N2O3. The van der Waals surface area contributed by atoms with Gasteiger partial charge in [-0.25, -0.2) is 0 Å². The number of nitrogens with one attached hydrogen (secondary N) is 1. The second kappa shape index (κ2) is 3.81. The van der Waals surface area contributed by atoms with Gasteiger partial charge in [-0.15, -0.1) is 0 Å². The van der Waals surface area contributed by atoms with Crippen LogP contribution >= 0.6 is 0 Å². The first kappa shape index (κ1) is 11.2. The average Bonchev–Trinajstić information content (AvgIpc) is 3.03. The molecule has 3 unspecified atom stereocenters. The third-order valence-electron chi connectivity index (χ3n) is 3.76. The van der Waals surface area contributed by atoms with Crippen molar-refractivity contribution in [3.8, 4) is 0 Å². The van der Waals surface area contributed by atoms with Crippen molar-refractivity contribution in [2.24, 2.45) is 17.6 Å². The number of anilines is 1. The largest absolute Gasteiger partial charge is 0.481 e. The van der Waals surface area contributed by atoms with Gasteiger partial charge in [0.15, 0.2) is 0 Å². The zero-order valence-electron chi connectivity index (χ0n) is 9.72. The van der Waals surface area contributed by atoms with Crippen LogP contribution in [-0.2, 0) is 16.0 Å². The topological polar surface area (TPSA) is 92.4 Å². The molecule has 4 N–H and O–H groups in total.